The molecule has 2 saturated heterocycles. The third-order valence-electron chi connectivity index (χ3n) is 3.31. The Morgan fingerprint density at radius 3 is 2.79 bits per heavy atom. The summed E-state index contributed by atoms with van der Waals surface area (Å²) in [6.07, 6.45) is 6.11. The van der Waals surface area contributed by atoms with Crippen molar-refractivity contribution in [1.29, 1.82) is 0 Å². The highest BCUT2D eigenvalue weighted by Crippen LogP contribution is 2.56. The van der Waals surface area contributed by atoms with Crippen LogP contribution in [0.15, 0.2) is 11.8 Å². The summed E-state index contributed by atoms with van der Waals surface area (Å²) in [5, 5.41) is 1.79. The molecule has 0 aromatic carbocycles. The van der Waals surface area contributed by atoms with Crippen LogP contribution in [0.3, 0.4) is 0 Å². The fourth-order valence-electron chi connectivity index (χ4n) is 2.57. The van der Waals surface area contributed by atoms with Crippen LogP contribution >= 0.6 is 11.8 Å². The Balaban J connectivity index is 1.88. The first-order valence-corrected chi connectivity index (χ1v) is 6.45. The van der Waals surface area contributed by atoms with E-state index in [1.807, 2.05) is 6.26 Å². The van der Waals surface area contributed by atoms with Crippen LogP contribution in [0.2, 0.25) is 0 Å². The fraction of sp³-hybridized carbons (Fsp3) is 0.833. The summed E-state index contributed by atoms with van der Waals surface area (Å²) in [6, 6.07) is 0. The van der Waals surface area contributed by atoms with E-state index in [1.54, 1.807) is 0 Å². The minimum Gasteiger partial charge on any atom is -0.501 e. The van der Waals surface area contributed by atoms with Crippen LogP contribution in [0.5, 0.6) is 0 Å². The Bertz CT molecular complexity index is 245. The molecule has 0 N–H and O–H groups in total. The van der Waals surface area contributed by atoms with Crippen LogP contribution < -0.4 is 0 Å². The summed E-state index contributed by atoms with van der Waals surface area (Å²) < 4.78 is 5.66. The molecule has 2 rings (SSSR count). The Kier molecular flexibility index (Phi) is 2.83. The second-order valence-electron chi connectivity index (χ2n) is 5.19. The molecule has 0 amide bonds. The van der Waals surface area contributed by atoms with E-state index in [2.05, 4.69) is 32.5 Å². The number of thioether (sulfide) groups is 1. The number of rotatable bonds is 3. The molecule has 2 aliphatic rings. The summed E-state index contributed by atoms with van der Waals surface area (Å²) in [7, 11) is 0. The lowest BCUT2D eigenvalue weighted by molar-refractivity contribution is 0.104. The quantitative estimate of drug-likeness (QED) is 0.661. The van der Waals surface area contributed by atoms with Crippen LogP contribution in [-0.4, -0.2) is 17.1 Å². The molecule has 0 saturated carbocycles. The van der Waals surface area contributed by atoms with Gasteiger partial charge in [0.1, 0.15) is 0 Å². The van der Waals surface area contributed by atoms with Gasteiger partial charge >= 0.3 is 0 Å². The van der Waals surface area contributed by atoms with Gasteiger partial charge in [0.05, 0.1) is 12.9 Å². The molecular weight excluding hydrogens is 192 g/mol. The smallest absolute Gasteiger partial charge is 0.0937 e. The summed E-state index contributed by atoms with van der Waals surface area (Å²) in [5.41, 5.74) is 1.70. The monoisotopic (exact) mass is 212 g/mol. The number of hydrogen-bond acceptors (Lipinski definition) is 2. The van der Waals surface area contributed by atoms with Crippen molar-refractivity contribution in [1.82, 2.24) is 0 Å². The number of hydrogen-bond donors (Lipinski definition) is 0. The maximum absolute atomic E-state index is 5.66. The summed E-state index contributed by atoms with van der Waals surface area (Å²) in [4.78, 5) is 0. The number of allylic oxidation sites excluding steroid dienone is 1. The average molecular weight is 212 g/mol. The van der Waals surface area contributed by atoms with Gasteiger partial charge in [0, 0.05) is 15.9 Å². The molecule has 0 radical (unpaired) electrons. The molecule has 3 unspecified atom stereocenters. The lowest BCUT2D eigenvalue weighted by Gasteiger charge is -2.31. The van der Waals surface area contributed by atoms with Gasteiger partial charge in [-0.25, -0.2) is 0 Å². The Hall–Kier alpha value is -0.110. The molecule has 2 fully saturated rings. The van der Waals surface area contributed by atoms with Gasteiger partial charge in [-0.2, -0.15) is 11.8 Å². The Morgan fingerprint density at radius 1 is 1.50 bits per heavy atom. The zero-order valence-corrected chi connectivity index (χ0v) is 10.2. The SMILES string of the molecule is CC(C)=COCC1(C)CC2CCC1S2. The first-order valence-electron chi connectivity index (χ1n) is 5.50. The lowest BCUT2D eigenvalue weighted by atomic mass is 9.76. The van der Waals surface area contributed by atoms with Crippen molar-refractivity contribution in [2.24, 2.45) is 5.41 Å². The predicted octanol–water partition coefficient (Wildman–Crippen LogP) is 3.60. The molecule has 14 heavy (non-hydrogen) atoms. The van der Waals surface area contributed by atoms with Crippen LogP contribution in [0.25, 0.3) is 0 Å². The van der Waals surface area contributed by atoms with Gasteiger partial charge in [0.15, 0.2) is 0 Å². The van der Waals surface area contributed by atoms with Gasteiger partial charge in [0.2, 0.25) is 0 Å². The molecule has 0 aromatic rings. The number of ether oxygens (including phenoxy) is 1. The third-order valence-corrected chi connectivity index (χ3v) is 5.23. The van der Waals surface area contributed by atoms with Crippen molar-refractivity contribution in [3.8, 4) is 0 Å². The zero-order valence-electron chi connectivity index (χ0n) is 9.38. The van der Waals surface area contributed by atoms with Crippen molar-refractivity contribution >= 4 is 11.8 Å². The highest BCUT2D eigenvalue weighted by atomic mass is 32.2. The van der Waals surface area contributed by atoms with Crippen molar-refractivity contribution < 1.29 is 4.74 Å². The van der Waals surface area contributed by atoms with Crippen LogP contribution in [0.1, 0.15) is 40.0 Å². The van der Waals surface area contributed by atoms with E-state index >= 15 is 0 Å². The molecule has 80 valence electrons. The standard InChI is InChI=1S/C12H20OS/c1-9(2)7-13-8-12(3)6-10-4-5-11(12)14-10/h7,10-11H,4-6,8H2,1-3H3. The molecule has 0 spiro atoms. The second-order valence-corrected chi connectivity index (χ2v) is 6.70. The zero-order chi connectivity index (χ0) is 10.2. The van der Waals surface area contributed by atoms with E-state index in [9.17, 15) is 0 Å². The van der Waals surface area contributed by atoms with Gasteiger partial charge < -0.3 is 4.74 Å². The summed E-state index contributed by atoms with van der Waals surface area (Å²) >= 11 is 2.20. The Morgan fingerprint density at radius 2 is 2.29 bits per heavy atom. The third kappa shape index (κ3) is 1.95. The largest absolute Gasteiger partial charge is 0.501 e. The van der Waals surface area contributed by atoms with Crippen LogP contribution in [-0.2, 0) is 4.74 Å². The van der Waals surface area contributed by atoms with Crippen molar-refractivity contribution in [2.75, 3.05) is 6.61 Å². The van der Waals surface area contributed by atoms with E-state index in [1.165, 1.54) is 24.8 Å². The minimum absolute atomic E-state index is 0.444. The lowest BCUT2D eigenvalue weighted by Crippen LogP contribution is -2.32. The maximum atomic E-state index is 5.66. The molecular formula is C12H20OS. The van der Waals surface area contributed by atoms with Crippen molar-refractivity contribution in [3.05, 3.63) is 11.8 Å². The number of fused-ring (bicyclic) bond motifs is 2. The molecule has 2 heterocycles. The predicted molar refractivity (Wildman–Crippen MR) is 62.5 cm³/mol. The van der Waals surface area contributed by atoms with E-state index in [4.69, 9.17) is 4.74 Å². The van der Waals surface area contributed by atoms with E-state index in [0.29, 0.717) is 5.41 Å². The molecule has 2 aliphatic heterocycles. The average Bonchev–Trinajstić information content (AvgIpc) is 2.62. The summed E-state index contributed by atoms with van der Waals surface area (Å²) in [6.45, 7) is 7.46. The minimum atomic E-state index is 0.444. The van der Waals surface area contributed by atoms with E-state index in [0.717, 1.165) is 17.1 Å². The van der Waals surface area contributed by atoms with Gasteiger partial charge in [0.25, 0.3) is 0 Å². The second kappa shape index (κ2) is 3.80. The maximum Gasteiger partial charge on any atom is 0.0937 e. The van der Waals surface area contributed by atoms with Gasteiger partial charge in [-0.1, -0.05) is 6.92 Å². The molecule has 2 bridgehead atoms. The van der Waals surface area contributed by atoms with Crippen molar-refractivity contribution in [2.45, 2.75) is 50.5 Å². The summed E-state index contributed by atoms with van der Waals surface area (Å²) in [5.74, 6) is 0. The molecule has 1 nitrogen and oxygen atoms in total. The van der Waals surface area contributed by atoms with Crippen LogP contribution in [0, 0.1) is 5.41 Å². The normalized spacial score (nSPS) is 39.9. The highest BCUT2D eigenvalue weighted by Gasteiger charge is 2.48. The van der Waals surface area contributed by atoms with Crippen molar-refractivity contribution in [3.63, 3.8) is 0 Å². The topological polar surface area (TPSA) is 9.23 Å². The molecule has 0 aliphatic carbocycles. The van der Waals surface area contributed by atoms with Gasteiger partial charge in [-0.15, -0.1) is 0 Å². The Labute approximate surface area is 91.3 Å². The molecule has 3 atom stereocenters. The first kappa shape index (κ1) is 10.4. The van der Waals surface area contributed by atoms with Crippen LogP contribution in [0.4, 0.5) is 0 Å². The van der Waals surface area contributed by atoms with E-state index in [-0.39, 0.29) is 0 Å². The van der Waals surface area contributed by atoms with Gasteiger partial charge in [-0.3, -0.25) is 0 Å². The van der Waals surface area contributed by atoms with E-state index < -0.39 is 0 Å². The first-order chi connectivity index (χ1) is 6.60. The molecule has 0 aromatic heterocycles. The molecule has 2 heteroatoms. The van der Waals surface area contributed by atoms with Gasteiger partial charge in [-0.05, 0) is 38.7 Å². The highest BCUT2D eigenvalue weighted by molar-refractivity contribution is 8.01. The fourth-order valence-corrected chi connectivity index (χ4v) is 4.55.